The quantitative estimate of drug-likeness (QED) is 0.631. The lowest BCUT2D eigenvalue weighted by Crippen LogP contribution is -3.14. The van der Waals surface area contributed by atoms with E-state index in [4.69, 9.17) is 17.3 Å². The van der Waals surface area contributed by atoms with E-state index in [1.54, 1.807) is 0 Å². The minimum absolute atomic E-state index is 0.190. The number of anilines is 1. The molecular formula is C22H27FN5S+. The van der Waals surface area contributed by atoms with Gasteiger partial charge in [0, 0.05) is 18.7 Å². The summed E-state index contributed by atoms with van der Waals surface area (Å²) in [5.74, 6) is 0.832. The van der Waals surface area contributed by atoms with Crippen LogP contribution in [0.1, 0.15) is 18.3 Å². The van der Waals surface area contributed by atoms with Gasteiger partial charge < -0.3 is 14.4 Å². The third kappa shape index (κ3) is 4.57. The zero-order chi connectivity index (χ0) is 20.2. The first-order valence-electron chi connectivity index (χ1n) is 10.2. The molecule has 0 bridgehead atoms. The number of rotatable bonds is 6. The number of hydrogen-bond acceptors (Lipinski definition) is 3. The Morgan fingerprint density at radius 2 is 1.72 bits per heavy atom. The topological polar surface area (TPSA) is 30.4 Å². The van der Waals surface area contributed by atoms with Crippen LogP contribution in [0.25, 0.3) is 0 Å². The van der Waals surface area contributed by atoms with Gasteiger partial charge >= 0.3 is 0 Å². The maximum Gasteiger partial charge on any atom is 0.202 e. The summed E-state index contributed by atoms with van der Waals surface area (Å²) >= 11 is 5.71. The molecule has 1 fully saturated rings. The summed E-state index contributed by atoms with van der Waals surface area (Å²) in [6, 6.07) is 17.2. The van der Waals surface area contributed by atoms with Gasteiger partial charge in [0.2, 0.25) is 4.77 Å². The molecular weight excluding hydrogens is 385 g/mol. The summed E-state index contributed by atoms with van der Waals surface area (Å²) in [5.41, 5.74) is 2.33. The summed E-state index contributed by atoms with van der Waals surface area (Å²) in [6.45, 7) is 7.63. The average Bonchev–Trinajstić information content (AvgIpc) is 3.04. The Morgan fingerprint density at radius 3 is 2.38 bits per heavy atom. The van der Waals surface area contributed by atoms with Gasteiger partial charge in [-0.2, -0.15) is 9.78 Å². The Kier molecular flexibility index (Phi) is 6.06. The van der Waals surface area contributed by atoms with Crippen LogP contribution in [0.2, 0.25) is 0 Å². The van der Waals surface area contributed by atoms with Crippen molar-refractivity contribution in [3.63, 3.8) is 0 Å². The third-order valence-corrected chi connectivity index (χ3v) is 5.99. The van der Waals surface area contributed by atoms with Crippen LogP contribution in [0.5, 0.6) is 0 Å². The number of aromatic nitrogens is 3. The molecule has 4 rings (SSSR count). The third-order valence-electron chi connectivity index (χ3n) is 5.56. The van der Waals surface area contributed by atoms with Crippen LogP contribution in [0.4, 0.5) is 10.1 Å². The zero-order valence-electron chi connectivity index (χ0n) is 16.7. The lowest BCUT2D eigenvalue weighted by atomic mass is 10.1. The first-order valence-corrected chi connectivity index (χ1v) is 10.6. The number of quaternary nitrogens is 1. The molecule has 0 aliphatic carbocycles. The monoisotopic (exact) mass is 412 g/mol. The van der Waals surface area contributed by atoms with Gasteiger partial charge in [-0.3, -0.25) is 0 Å². The summed E-state index contributed by atoms with van der Waals surface area (Å²) in [6.07, 6.45) is 0.791. The predicted octanol–water partition coefficient (Wildman–Crippen LogP) is 2.53. The molecule has 0 amide bonds. The van der Waals surface area contributed by atoms with Crippen molar-refractivity contribution in [2.75, 3.05) is 31.1 Å². The van der Waals surface area contributed by atoms with Gasteiger partial charge in [-0.25, -0.2) is 4.39 Å². The molecule has 152 valence electrons. The normalized spacial score (nSPS) is 15.0. The SMILES string of the molecule is CCn1c(Cc2ccccc2)nn(C[NH+]2CCN(c3ccc(F)cc3)CC2)c1=S. The van der Waals surface area contributed by atoms with Crippen molar-refractivity contribution in [1.29, 1.82) is 0 Å². The summed E-state index contributed by atoms with van der Waals surface area (Å²) < 4.78 is 18.1. The number of benzene rings is 2. The number of halogens is 1. The van der Waals surface area contributed by atoms with E-state index >= 15 is 0 Å². The van der Waals surface area contributed by atoms with E-state index in [9.17, 15) is 4.39 Å². The number of hydrogen-bond donors (Lipinski definition) is 1. The molecule has 0 unspecified atom stereocenters. The molecule has 0 atom stereocenters. The maximum absolute atomic E-state index is 13.2. The van der Waals surface area contributed by atoms with Crippen LogP contribution in [0.3, 0.4) is 0 Å². The van der Waals surface area contributed by atoms with E-state index in [0.29, 0.717) is 0 Å². The molecule has 1 saturated heterocycles. The van der Waals surface area contributed by atoms with Crippen molar-refractivity contribution in [3.05, 3.63) is 76.6 Å². The largest absolute Gasteiger partial charge is 0.360 e. The van der Waals surface area contributed by atoms with Crippen LogP contribution in [0.15, 0.2) is 54.6 Å². The molecule has 2 heterocycles. The molecule has 0 spiro atoms. The van der Waals surface area contributed by atoms with Crippen LogP contribution >= 0.6 is 12.2 Å². The number of nitrogens with one attached hydrogen (secondary N) is 1. The fourth-order valence-electron chi connectivity index (χ4n) is 3.92. The second-order valence-corrected chi connectivity index (χ2v) is 7.84. The highest BCUT2D eigenvalue weighted by Crippen LogP contribution is 2.14. The second kappa shape index (κ2) is 8.88. The molecule has 29 heavy (non-hydrogen) atoms. The summed E-state index contributed by atoms with van der Waals surface area (Å²) in [7, 11) is 0. The van der Waals surface area contributed by atoms with Crippen molar-refractivity contribution in [2.45, 2.75) is 26.6 Å². The van der Waals surface area contributed by atoms with Crippen molar-refractivity contribution in [3.8, 4) is 0 Å². The molecule has 3 aromatic rings. The van der Waals surface area contributed by atoms with E-state index in [0.717, 1.165) is 62.1 Å². The zero-order valence-corrected chi connectivity index (χ0v) is 17.5. The first kappa shape index (κ1) is 19.8. The molecule has 0 saturated carbocycles. The Hall–Kier alpha value is -2.51. The molecule has 1 N–H and O–H groups in total. The number of piperazine rings is 1. The molecule has 0 radical (unpaired) electrons. The van der Waals surface area contributed by atoms with Gasteiger partial charge in [0.15, 0.2) is 6.67 Å². The second-order valence-electron chi connectivity index (χ2n) is 7.48. The molecule has 5 nitrogen and oxygen atoms in total. The van der Waals surface area contributed by atoms with Gasteiger partial charge in [-0.05, 0) is 49.0 Å². The standard InChI is InChI=1S/C22H26FN5S/c1-2-27-21(16-18-6-4-3-5-7-18)24-28(22(27)29)17-25-12-14-26(15-13-25)20-10-8-19(23)9-11-20/h3-11H,2,12-17H2,1H3/p+1. The Bertz CT molecular complexity index is 988. The minimum atomic E-state index is -0.190. The smallest absolute Gasteiger partial charge is 0.202 e. The van der Waals surface area contributed by atoms with Crippen LogP contribution in [-0.4, -0.2) is 40.5 Å². The van der Waals surface area contributed by atoms with Gasteiger partial charge in [0.25, 0.3) is 0 Å². The van der Waals surface area contributed by atoms with Gasteiger partial charge in [0.05, 0.1) is 26.2 Å². The van der Waals surface area contributed by atoms with Crippen LogP contribution in [0, 0.1) is 10.6 Å². The van der Waals surface area contributed by atoms with Crippen molar-refractivity contribution in [1.82, 2.24) is 14.3 Å². The van der Waals surface area contributed by atoms with Crippen LogP contribution in [-0.2, 0) is 19.6 Å². The Labute approximate surface area is 176 Å². The minimum Gasteiger partial charge on any atom is -0.360 e. The van der Waals surface area contributed by atoms with E-state index in [1.165, 1.54) is 22.6 Å². The molecule has 1 aliphatic heterocycles. The van der Waals surface area contributed by atoms with Gasteiger partial charge in [0.1, 0.15) is 11.6 Å². The highest BCUT2D eigenvalue weighted by atomic mass is 32.1. The average molecular weight is 413 g/mol. The fourth-order valence-corrected chi connectivity index (χ4v) is 4.26. The van der Waals surface area contributed by atoms with Crippen molar-refractivity contribution >= 4 is 17.9 Å². The van der Waals surface area contributed by atoms with Crippen LogP contribution < -0.4 is 9.80 Å². The Balaban J connectivity index is 1.42. The summed E-state index contributed by atoms with van der Waals surface area (Å²) in [5, 5.41) is 4.86. The molecule has 2 aromatic carbocycles. The predicted molar refractivity (Wildman–Crippen MR) is 115 cm³/mol. The van der Waals surface area contributed by atoms with Crippen molar-refractivity contribution < 1.29 is 9.29 Å². The maximum atomic E-state index is 13.2. The fraction of sp³-hybridized carbons (Fsp3) is 0.364. The summed E-state index contributed by atoms with van der Waals surface area (Å²) in [4.78, 5) is 3.78. The van der Waals surface area contributed by atoms with Gasteiger partial charge in [-0.1, -0.05) is 30.3 Å². The van der Waals surface area contributed by atoms with E-state index < -0.39 is 0 Å². The molecule has 7 heteroatoms. The molecule has 1 aliphatic rings. The highest BCUT2D eigenvalue weighted by molar-refractivity contribution is 7.71. The highest BCUT2D eigenvalue weighted by Gasteiger charge is 2.22. The van der Waals surface area contributed by atoms with E-state index in [-0.39, 0.29) is 5.82 Å². The van der Waals surface area contributed by atoms with E-state index in [2.05, 4.69) is 40.7 Å². The van der Waals surface area contributed by atoms with Gasteiger partial charge in [-0.15, -0.1) is 0 Å². The Morgan fingerprint density at radius 1 is 1.03 bits per heavy atom. The number of nitrogens with zero attached hydrogens (tertiary/aromatic N) is 4. The lowest BCUT2D eigenvalue weighted by molar-refractivity contribution is -0.924. The van der Waals surface area contributed by atoms with E-state index in [1.807, 2.05) is 22.9 Å². The van der Waals surface area contributed by atoms with Crippen molar-refractivity contribution in [2.24, 2.45) is 0 Å². The first-order chi connectivity index (χ1) is 14.1. The lowest BCUT2D eigenvalue weighted by Gasteiger charge is -2.33. The molecule has 1 aromatic heterocycles.